The first kappa shape index (κ1) is 14.6. The normalized spacial score (nSPS) is 11.2. The third-order valence-corrected chi connectivity index (χ3v) is 3.81. The van der Waals surface area contributed by atoms with Crippen molar-refractivity contribution in [1.29, 1.82) is 0 Å². The summed E-state index contributed by atoms with van der Waals surface area (Å²) in [6, 6.07) is 3.78. The van der Waals surface area contributed by atoms with Gasteiger partial charge in [0.2, 0.25) is 0 Å². The molecule has 1 aromatic heterocycles. The fourth-order valence-electron chi connectivity index (χ4n) is 2.94. The second kappa shape index (κ2) is 5.67. The number of aliphatic hydroxyl groups is 1. The molecule has 0 bridgehead atoms. The molecule has 1 aromatic carbocycles. The van der Waals surface area contributed by atoms with Crippen molar-refractivity contribution in [3.05, 3.63) is 34.5 Å². The Morgan fingerprint density at radius 1 is 1.30 bits per heavy atom. The zero-order chi connectivity index (χ0) is 14.9. The van der Waals surface area contributed by atoms with Crippen molar-refractivity contribution < 1.29 is 15.0 Å². The number of hydrogen-bond acceptors (Lipinski definition) is 2. The van der Waals surface area contributed by atoms with E-state index in [1.165, 1.54) is 5.56 Å². The molecule has 2 aromatic rings. The second-order valence-electron chi connectivity index (χ2n) is 5.16. The third kappa shape index (κ3) is 2.31. The van der Waals surface area contributed by atoms with Crippen molar-refractivity contribution >= 4 is 16.9 Å². The summed E-state index contributed by atoms with van der Waals surface area (Å²) < 4.78 is 2.04. The number of fused-ring (bicyclic) bond motifs is 1. The van der Waals surface area contributed by atoms with E-state index < -0.39 is 5.97 Å². The van der Waals surface area contributed by atoms with E-state index in [9.17, 15) is 9.90 Å². The fourth-order valence-corrected chi connectivity index (χ4v) is 2.94. The first-order valence-electron chi connectivity index (χ1n) is 6.97. The van der Waals surface area contributed by atoms with E-state index in [4.69, 9.17) is 5.11 Å². The largest absolute Gasteiger partial charge is 0.478 e. The number of carbonyl (C=O) groups is 1. The van der Waals surface area contributed by atoms with Crippen molar-refractivity contribution in [3.63, 3.8) is 0 Å². The quantitative estimate of drug-likeness (QED) is 0.882. The fraction of sp³-hybridized carbons (Fsp3) is 0.438. The Labute approximate surface area is 118 Å². The predicted molar refractivity (Wildman–Crippen MR) is 79.5 cm³/mol. The van der Waals surface area contributed by atoms with Crippen LogP contribution in [0.5, 0.6) is 0 Å². The lowest BCUT2D eigenvalue weighted by Crippen LogP contribution is -2.07. The van der Waals surface area contributed by atoms with Crippen LogP contribution < -0.4 is 0 Å². The summed E-state index contributed by atoms with van der Waals surface area (Å²) in [5, 5.41) is 19.5. The van der Waals surface area contributed by atoms with Crippen molar-refractivity contribution in [3.8, 4) is 0 Å². The summed E-state index contributed by atoms with van der Waals surface area (Å²) in [5.41, 5.74) is 4.39. The van der Waals surface area contributed by atoms with Gasteiger partial charge in [0, 0.05) is 24.2 Å². The number of rotatable bonds is 5. The van der Waals surface area contributed by atoms with E-state index >= 15 is 0 Å². The van der Waals surface area contributed by atoms with E-state index in [1.807, 2.05) is 18.4 Å². The Kier molecular flexibility index (Phi) is 4.14. The van der Waals surface area contributed by atoms with Gasteiger partial charge < -0.3 is 14.8 Å². The van der Waals surface area contributed by atoms with Crippen LogP contribution in [0.15, 0.2) is 12.1 Å². The molecule has 0 saturated carbocycles. The molecule has 0 aliphatic heterocycles. The summed E-state index contributed by atoms with van der Waals surface area (Å²) in [6.07, 6.45) is 1.50. The van der Waals surface area contributed by atoms with Gasteiger partial charge in [-0.3, -0.25) is 0 Å². The Balaban J connectivity index is 2.82. The Morgan fingerprint density at radius 2 is 2.00 bits per heavy atom. The van der Waals surface area contributed by atoms with Gasteiger partial charge in [-0.1, -0.05) is 6.92 Å². The van der Waals surface area contributed by atoms with Crippen LogP contribution in [0.3, 0.4) is 0 Å². The lowest BCUT2D eigenvalue weighted by molar-refractivity contribution is 0.0698. The zero-order valence-corrected chi connectivity index (χ0v) is 12.2. The molecule has 0 amide bonds. The number of hydrogen-bond donors (Lipinski definition) is 2. The zero-order valence-electron chi connectivity index (χ0n) is 12.2. The van der Waals surface area contributed by atoms with Gasteiger partial charge in [-0.15, -0.1) is 0 Å². The number of aliphatic hydroxyl groups excluding tert-OH is 1. The highest BCUT2D eigenvalue weighted by Gasteiger charge is 2.19. The minimum atomic E-state index is -0.899. The van der Waals surface area contributed by atoms with Crippen LogP contribution >= 0.6 is 0 Å². The minimum Gasteiger partial charge on any atom is -0.478 e. The van der Waals surface area contributed by atoms with Crippen LogP contribution in [0, 0.1) is 13.8 Å². The highest BCUT2D eigenvalue weighted by molar-refractivity contribution is 6.04. The molecular formula is C16H21NO3. The monoisotopic (exact) mass is 275 g/mol. The minimum absolute atomic E-state index is 0.106. The first-order chi connectivity index (χ1) is 9.51. The van der Waals surface area contributed by atoms with Gasteiger partial charge in [0.1, 0.15) is 0 Å². The van der Waals surface area contributed by atoms with Crippen LogP contribution in [-0.4, -0.2) is 27.4 Å². The van der Waals surface area contributed by atoms with Gasteiger partial charge in [0.15, 0.2) is 0 Å². The van der Waals surface area contributed by atoms with Crippen LogP contribution in [-0.2, 0) is 13.0 Å². The molecule has 0 saturated heterocycles. The Hall–Kier alpha value is -1.81. The average molecular weight is 275 g/mol. The van der Waals surface area contributed by atoms with Gasteiger partial charge >= 0.3 is 5.97 Å². The Bertz CT molecular complexity index is 656. The molecule has 0 unspecified atom stereocenters. The number of aromatic nitrogens is 1. The molecule has 2 N–H and O–H groups in total. The molecule has 0 aliphatic carbocycles. The molecular weight excluding hydrogens is 254 g/mol. The molecule has 0 fully saturated rings. The average Bonchev–Trinajstić information content (AvgIpc) is 2.66. The SMILES string of the molecule is CCc1c(C)n(CCCO)c2c(C(=O)O)cc(C)cc12. The van der Waals surface area contributed by atoms with Gasteiger partial charge in [-0.25, -0.2) is 4.79 Å². The van der Waals surface area contributed by atoms with E-state index in [-0.39, 0.29) is 6.61 Å². The third-order valence-electron chi connectivity index (χ3n) is 3.81. The van der Waals surface area contributed by atoms with Crippen molar-refractivity contribution in [2.45, 2.75) is 40.2 Å². The molecule has 1 heterocycles. The summed E-state index contributed by atoms with van der Waals surface area (Å²) in [6.45, 7) is 6.78. The number of benzene rings is 1. The van der Waals surface area contributed by atoms with Gasteiger partial charge in [0.25, 0.3) is 0 Å². The highest BCUT2D eigenvalue weighted by Crippen LogP contribution is 2.30. The smallest absolute Gasteiger partial charge is 0.337 e. The Morgan fingerprint density at radius 3 is 2.55 bits per heavy atom. The van der Waals surface area contributed by atoms with Gasteiger partial charge in [-0.2, -0.15) is 0 Å². The highest BCUT2D eigenvalue weighted by atomic mass is 16.4. The van der Waals surface area contributed by atoms with E-state index in [1.54, 1.807) is 6.07 Å². The van der Waals surface area contributed by atoms with Crippen LogP contribution in [0.25, 0.3) is 10.9 Å². The molecule has 0 radical (unpaired) electrons. The number of nitrogens with zero attached hydrogens (tertiary/aromatic N) is 1. The molecule has 4 nitrogen and oxygen atoms in total. The maximum atomic E-state index is 11.5. The van der Waals surface area contributed by atoms with Crippen LogP contribution in [0.4, 0.5) is 0 Å². The lowest BCUT2D eigenvalue weighted by Gasteiger charge is -2.09. The molecule has 2 rings (SSSR count). The van der Waals surface area contributed by atoms with Crippen LogP contribution in [0.2, 0.25) is 0 Å². The summed E-state index contributed by atoms with van der Waals surface area (Å²) in [7, 11) is 0. The number of aromatic carboxylic acids is 1. The second-order valence-corrected chi connectivity index (χ2v) is 5.16. The summed E-state index contributed by atoms with van der Waals surface area (Å²) >= 11 is 0. The first-order valence-corrected chi connectivity index (χ1v) is 6.97. The van der Waals surface area contributed by atoms with Crippen LogP contribution in [0.1, 0.15) is 40.5 Å². The van der Waals surface area contributed by atoms with Gasteiger partial charge in [-0.05, 0) is 49.9 Å². The molecule has 20 heavy (non-hydrogen) atoms. The number of aryl methyl sites for hydroxylation is 3. The molecule has 4 heteroatoms. The standard InChI is InChI=1S/C16H21NO3/c1-4-12-11(3)17(6-5-7-18)15-13(12)8-10(2)9-14(15)16(19)20/h8-9,18H,4-7H2,1-3H3,(H,19,20). The molecule has 0 spiro atoms. The van der Waals surface area contributed by atoms with Gasteiger partial charge in [0.05, 0.1) is 11.1 Å². The number of carboxylic acid groups (broad SMARTS) is 1. The van der Waals surface area contributed by atoms with Crippen molar-refractivity contribution in [1.82, 2.24) is 4.57 Å². The molecule has 0 aliphatic rings. The van der Waals surface area contributed by atoms with Crippen molar-refractivity contribution in [2.24, 2.45) is 0 Å². The van der Waals surface area contributed by atoms with Crippen molar-refractivity contribution in [2.75, 3.05) is 6.61 Å². The maximum absolute atomic E-state index is 11.5. The predicted octanol–water partition coefficient (Wildman–Crippen LogP) is 2.90. The topological polar surface area (TPSA) is 62.5 Å². The lowest BCUT2D eigenvalue weighted by atomic mass is 10.0. The molecule has 108 valence electrons. The van der Waals surface area contributed by atoms with E-state index in [0.717, 1.165) is 28.6 Å². The number of carboxylic acids is 1. The summed E-state index contributed by atoms with van der Waals surface area (Å²) in [5.74, 6) is -0.899. The van der Waals surface area contributed by atoms with E-state index in [2.05, 4.69) is 13.0 Å². The molecule has 0 atom stereocenters. The summed E-state index contributed by atoms with van der Waals surface area (Å²) in [4.78, 5) is 11.5. The van der Waals surface area contributed by atoms with E-state index in [0.29, 0.717) is 18.5 Å². The maximum Gasteiger partial charge on any atom is 0.337 e.